The number of rotatable bonds is 3. The molecule has 6 nitrogen and oxygen atoms in total. The normalized spacial score (nSPS) is 24.2. The highest BCUT2D eigenvalue weighted by Gasteiger charge is 2.39. The van der Waals surface area contributed by atoms with Gasteiger partial charge in [0.1, 0.15) is 0 Å². The van der Waals surface area contributed by atoms with Gasteiger partial charge in [0.2, 0.25) is 5.91 Å². The molecule has 1 amide bonds. The predicted octanol–water partition coefficient (Wildman–Crippen LogP) is 3.86. The van der Waals surface area contributed by atoms with Gasteiger partial charge >= 0.3 is 0 Å². The lowest BCUT2D eigenvalue weighted by Crippen LogP contribution is -2.29. The van der Waals surface area contributed by atoms with Gasteiger partial charge in [-0.15, -0.1) is 0 Å². The molecule has 0 radical (unpaired) electrons. The Hall–Kier alpha value is -2.93. The van der Waals surface area contributed by atoms with Crippen molar-refractivity contribution in [2.45, 2.75) is 33.7 Å². The Balaban J connectivity index is 1.73. The highest BCUT2D eigenvalue weighted by Crippen LogP contribution is 2.45. The highest BCUT2D eigenvalue weighted by molar-refractivity contribution is 7.98. The van der Waals surface area contributed by atoms with Gasteiger partial charge in [-0.2, -0.15) is 0 Å². The van der Waals surface area contributed by atoms with Crippen molar-refractivity contribution < 1.29 is 13.2 Å². The van der Waals surface area contributed by atoms with Crippen LogP contribution in [0.15, 0.2) is 68.1 Å². The zero-order valence-electron chi connectivity index (χ0n) is 16.8. The van der Waals surface area contributed by atoms with Gasteiger partial charge in [-0.1, -0.05) is 13.0 Å². The van der Waals surface area contributed by atoms with Gasteiger partial charge in [0.25, 0.3) is 0 Å². The molecular weight excluding hydrogens is 386 g/mol. The predicted molar refractivity (Wildman–Crippen MR) is 116 cm³/mol. The zero-order chi connectivity index (χ0) is 20.9. The van der Waals surface area contributed by atoms with Crippen LogP contribution in [0.25, 0.3) is 0 Å². The number of nitrogens with zero attached hydrogens (tertiary/aromatic N) is 1. The van der Waals surface area contributed by atoms with E-state index in [1.807, 2.05) is 45.0 Å². The Morgan fingerprint density at radius 3 is 2.69 bits per heavy atom. The number of aryl methyl sites for hydroxylation is 1. The molecule has 150 valence electrons. The number of allylic oxidation sites excluding steroid dienone is 3. The third kappa shape index (κ3) is 3.35. The minimum atomic E-state index is -3.42. The molecule has 0 saturated heterocycles. The fourth-order valence-corrected chi connectivity index (χ4v) is 5.82. The fraction of sp³-hybridized carbons (Fsp3) is 0.273. The standard InChI is InChI=1S/C22H23N3O3S/c1-12-5-6-16(24-15(4)26)9-19(12)25-18-7-8-23-22-14(3)21-13(2)11-29(27,28)20(21)10-17(18)22/h5-11,14,22,25H,1-4H3,(H,24,26). The van der Waals surface area contributed by atoms with Crippen LogP contribution in [-0.2, 0) is 14.6 Å². The van der Waals surface area contributed by atoms with E-state index in [1.54, 1.807) is 12.3 Å². The Morgan fingerprint density at radius 2 is 1.97 bits per heavy atom. The minimum absolute atomic E-state index is 0.0351. The molecule has 2 N–H and O–H groups in total. The molecule has 3 aliphatic rings. The lowest BCUT2D eigenvalue weighted by atomic mass is 9.79. The summed E-state index contributed by atoms with van der Waals surface area (Å²) < 4.78 is 25.2. The molecule has 0 bridgehead atoms. The van der Waals surface area contributed by atoms with Crippen LogP contribution in [0.2, 0.25) is 0 Å². The number of carbonyl (C=O) groups is 1. The zero-order valence-corrected chi connectivity index (χ0v) is 17.6. The lowest BCUT2D eigenvalue weighted by Gasteiger charge is -2.32. The van der Waals surface area contributed by atoms with Crippen molar-refractivity contribution in [1.29, 1.82) is 0 Å². The maximum absolute atomic E-state index is 12.6. The van der Waals surface area contributed by atoms with Crippen molar-refractivity contribution >= 4 is 33.3 Å². The Kier molecular flexibility index (Phi) is 4.58. The SMILES string of the molecule is CC(=O)Nc1ccc(C)c(NC2=CC=NC3C2=CC2=C(C(C)=CS2(=O)=O)C3C)c1. The molecule has 29 heavy (non-hydrogen) atoms. The smallest absolute Gasteiger partial charge is 0.221 e. The van der Waals surface area contributed by atoms with Gasteiger partial charge in [-0.05, 0) is 54.8 Å². The maximum atomic E-state index is 12.6. The van der Waals surface area contributed by atoms with Crippen LogP contribution in [0.5, 0.6) is 0 Å². The number of anilines is 2. The first-order chi connectivity index (χ1) is 13.7. The summed E-state index contributed by atoms with van der Waals surface area (Å²) in [6, 6.07) is 5.50. The summed E-state index contributed by atoms with van der Waals surface area (Å²) in [5.41, 5.74) is 5.87. The number of hydrogen-bond acceptors (Lipinski definition) is 5. The number of sulfone groups is 1. The van der Waals surface area contributed by atoms with Gasteiger partial charge in [0.05, 0.1) is 10.9 Å². The van der Waals surface area contributed by atoms with E-state index >= 15 is 0 Å². The van der Waals surface area contributed by atoms with E-state index in [0.717, 1.165) is 33.7 Å². The van der Waals surface area contributed by atoms with E-state index in [4.69, 9.17) is 0 Å². The average Bonchev–Trinajstić information content (AvgIpc) is 2.87. The summed E-state index contributed by atoms with van der Waals surface area (Å²) in [4.78, 5) is 16.4. The number of aliphatic imine (C=N–C) groups is 1. The number of benzene rings is 1. The molecule has 2 heterocycles. The number of hydrogen-bond donors (Lipinski definition) is 2. The number of carbonyl (C=O) groups excluding carboxylic acids is 1. The van der Waals surface area contributed by atoms with Crippen molar-refractivity contribution in [3.05, 3.63) is 68.6 Å². The minimum Gasteiger partial charge on any atom is -0.355 e. The largest absolute Gasteiger partial charge is 0.355 e. The van der Waals surface area contributed by atoms with Crippen molar-refractivity contribution in [2.24, 2.45) is 10.9 Å². The molecule has 1 aromatic carbocycles. The van der Waals surface area contributed by atoms with E-state index in [2.05, 4.69) is 15.6 Å². The molecule has 2 aliphatic heterocycles. The maximum Gasteiger partial charge on any atom is 0.221 e. The topological polar surface area (TPSA) is 87.6 Å². The summed E-state index contributed by atoms with van der Waals surface area (Å²) in [6.45, 7) is 7.30. The van der Waals surface area contributed by atoms with Crippen LogP contribution in [0.3, 0.4) is 0 Å². The number of dihydropyridines is 1. The molecule has 7 heteroatoms. The second-order valence-electron chi connectivity index (χ2n) is 7.67. The average molecular weight is 410 g/mol. The van der Waals surface area contributed by atoms with Crippen LogP contribution in [0.1, 0.15) is 26.3 Å². The first kappa shape index (κ1) is 19.4. The second kappa shape index (κ2) is 6.84. The van der Waals surface area contributed by atoms with Gasteiger partial charge in [-0.3, -0.25) is 9.79 Å². The molecular formula is C22H23N3O3S. The quantitative estimate of drug-likeness (QED) is 0.793. The molecule has 0 fully saturated rings. The number of fused-ring (bicyclic) bond motifs is 1. The van der Waals surface area contributed by atoms with E-state index in [0.29, 0.717) is 10.6 Å². The van der Waals surface area contributed by atoms with Crippen LogP contribution in [0.4, 0.5) is 11.4 Å². The van der Waals surface area contributed by atoms with Crippen molar-refractivity contribution in [3.63, 3.8) is 0 Å². The molecule has 0 aromatic heterocycles. The molecule has 0 spiro atoms. The summed E-state index contributed by atoms with van der Waals surface area (Å²) >= 11 is 0. The Labute approximate surface area is 170 Å². The third-order valence-corrected chi connectivity index (χ3v) is 7.10. The third-order valence-electron chi connectivity index (χ3n) is 5.49. The molecule has 2 atom stereocenters. The van der Waals surface area contributed by atoms with Crippen molar-refractivity contribution in [3.8, 4) is 0 Å². The Bertz CT molecular complexity index is 1180. The summed E-state index contributed by atoms with van der Waals surface area (Å²) in [5, 5.41) is 7.55. The first-order valence-electron chi connectivity index (χ1n) is 9.46. The van der Waals surface area contributed by atoms with E-state index < -0.39 is 9.84 Å². The molecule has 1 aliphatic carbocycles. The van der Waals surface area contributed by atoms with Crippen LogP contribution < -0.4 is 10.6 Å². The molecule has 0 saturated carbocycles. The number of nitrogens with one attached hydrogen (secondary N) is 2. The van der Waals surface area contributed by atoms with E-state index in [9.17, 15) is 13.2 Å². The molecule has 4 rings (SSSR count). The van der Waals surface area contributed by atoms with Crippen molar-refractivity contribution in [2.75, 3.05) is 10.6 Å². The lowest BCUT2D eigenvalue weighted by molar-refractivity contribution is -0.114. The van der Waals surface area contributed by atoms with E-state index in [-0.39, 0.29) is 17.9 Å². The molecule has 1 aromatic rings. The fourth-order valence-electron chi connectivity index (χ4n) is 4.15. The van der Waals surface area contributed by atoms with Gasteiger partial charge in [0, 0.05) is 47.1 Å². The van der Waals surface area contributed by atoms with Crippen LogP contribution in [0, 0.1) is 12.8 Å². The van der Waals surface area contributed by atoms with Crippen LogP contribution >= 0.6 is 0 Å². The summed E-state index contributed by atoms with van der Waals surface area (Å²) in [7, 11) is -3.42. The molecule has 2 unspecified atom stereocenters. The van der Waals surface area contributed by atoms with Crippen molar-refractivity contribution in [1.82, 2.24) is 0 Å². The van der Waals surface area contributed by atoms with Crippen LogP contribution in [-0.4, -0.2) is 26.6 Å². The number of amides is 1. The highest BCUT2D eigenvalue weighted by atomic mass is 32.2. The Morgan fingerprint density at radius 1 is 1.21 bits per heavy atom. The van der Waals surface area contributed by atoms with Gasteiger partial charge in [-0.25, -0.2) is 8.42 Å². The summed E-state index contributed by atoms with van der Waals surface area (Å²) in [6.07, 6.45) is 5.37. The monoisotopic (exact) mass is 409 g/mol. The second-order valence-corrected chi connectivity index (χ2v) is 9.44. The van der Waals surface area contributed by atoms with E-state index in [1.165, 1.54) is 12.3 Å². The van der Waals surface area contributed by atoms with Gasteiger partial charge in [0.15, 0.2) is 9.84 Å². The first-order valence-corrected chi connectivity index (χ1v) is 11.0. The summed E-state index contributed by atoms with van der Waals surface area (Å²) in [5.74, 6) is -0.173. The van der Waals surface area contributed by atoms with Gasteiger partial charge < -0.3 is 10.6 Å².